The van der Waals surface area contributed by atoms with Crippen molar-refractivity contribution >= 4 is 29.2 Å². The van der Waals surface area contributed by atoms with Crippen molar-refractivity contribution in [2.45, 2.75) is 32.7 Å². The molecular weight excluding hydrogens is 284 g/mol. The van der Waals surface area contributed by atoms with Gasteiger partial charge >= 0.3 is 11.9 Å². The summed E-state index contributed by atoms with van der Waals surface area (Å²) in [4.78, 5) is 38.6. The number of rotatable bonds is 6. The van der Waals surface area contributed by atoms with Gasteiger partial charge in [-0.05, 0) is 20.3 Å². The number of hydrogen-bond acceptors (Lipinski definition) is 6. The van der Waals surface area contributed by atoms with Crippen LogP contribution in [0.3, 0.4) is 0 Å². The third-order valence-electron chi connectivity index (χ3n) is 2.58. The first-order chi connectivity index (χ1) is 9.35. The van der Waals surface area contributed by atoms with E-state index < -0.39 is 23.9 Å². The maximum absolute atomic E-state index is 12.0. The molecule has 0 saturated heterocycles. The van der Waals surface area contributed by atoms with Crippen LogP contribution in [0, 0.1) is 13.8 Å². The average molecular weight is 300 g/mol. The summed E-state index contributed by atoms with van der Waals surface area (Å²) in [7, 11) is 1.22. The molecule has 110 valence electrons. The van der Waals surface area contributed by atoms with E-state index in [1.807, 2.05) is 0 Å². The van der Waals surface area contributed by atoms with E-state index in [0.29, 0.717) is 10.6 Å². The molecule has 1 amide bonds. The number of nitrogens with zero attached hydrogens (tertiary/aromatic N) is 1. The van der Waals surface area contributed by atoms with Gasteiger partial charge in [0.15, 0.2) is 0 Å². The molecule has 7 nitrogen and oxygen atoms in total. The van der Waals surface area contributed by atoms with Crippen LogP contribution in [0.4, 0.5) is 0 Å². The number of aromatic nitrogens is 1. The summed E-state index contributed by atoms with van der Waals surface area (Å²) < 4.78 is 4.44. The minimum Gasteiger partial charge on any atom is -0.480 e. The normalized spacial score (nSPS) is 11.8. The van der Waals surface area contributed by atoms with Crippen molar-refractivity contribution in [2.75, 3.05) is 7.11 Å². The predicted molar refractivity (Wildman–Crippen MR) is 71.7 cm³/mol. The van der Waals surface area contributed by atoms with Crippen LogP contribution in [0.5, 0.6) is 0 Å². The van der Waals surface area contributed by atoms with E-state index >= 15 is 0 Å². The van der Waals surface area contributed by atoms with Gasteiger partial charge in [-0.15, -0.1) is 11.3 Å². The van der Waals surface area contributed by atoms with Crippen LogP contribution < -0.4 is 5.32 Å². The molecule has 0 aromatic carbocycles. The first-order valence-corrected chi connectivity index (χ1v) is 6.71. The number of ether oxygens (including phenoxy) is 1. The van der Waals surface area contributed by atoms with Crippen LogP contribution in [0.15, 0.2) is 0 Å². The van der Waals surface area contributed by atoms with Gasteiger partial charge in [-0.25, -0.2) is 9.78 Å². The summed E-state index contributed by atoms with van der Waals surface area (Å²) in [6.07, 6.45) is -0.0982. The largest absolute Gasteiger partial charge is 0.480 e. The predicted octanol–water partition coefficient (Wildman–Crippen LogP) is 0.896. The van der Waals surface area contributed by atoms with Gasteiger partial charge in [-0.1, -0.05) is 0 Å². The second kappa shape index (κ2) is 6.99. The Hall–Kier alpha value is -1.96. The number of carbonyl (C=O) groups is 3. The van der Waals surface area contributed by atoms with Crippen molar-refractivity contribution in [1.29, 1.82) is 0 Å². The Morgan fingerprint density at radius 1 is 1.40 bits per heavy atom. The molecule has 0 aliphatic heterocycles. The summed E-state index contributed by atoms with van der Waals surface area (Å²) in [6.45, 7) is 3.45. The zero-order valence-electron chi connectivity index (χ0n) is 11.4. The molecule has 0 aliphatic rings. The van der Waals surface area contributed by atoms with E-state index in [0.717, 1.165) is 5.01 Å². The van der Waals surface area contributed by atoms with Gasteiger partial charge in [-0.2, -0.15) is 0 Å². The number of methoxy groups -OCH3 is 1. The molecule has 1 rings (SSSR count). The zero-order valence-corrected chi connectivity index (χ0v) is 12.2. The Labute approximate surface area is 120 Å². The average Bonchev–Trinajstić information content (AvgIpc) is 2.72. The molecule has 2 N–H and O–H groups in total. The molecule has 0 bridgehead atoms. The minimum absolute atomic E-state index is 0.0232. The molecule has 1 heterocycles. The highest BCUT2D eigenvalue weighted by molar-refractivity contribution is 7.13. The molecule has 0 fully saturated rings. The molecule has 8 heteroatoms. The maximum atomic E-state index is 12.0. The number of aliphatic carboxylic acids is 1. The van der Waals surface area contributed by atoms with E-state index in [1.165, 1.54) is 18.4 Å². The van der Waals surface area contributed by atoms with E-state index in [2.05, 4.69) is 15.0 Å². The van der Waals surface area contributed by atoms with E-state index in [-0.39, 0.29) is 12.8 Å². The van der Waals surface area contributed by atoms with Gasteiger partial charge in [-0.3, -0.25) is 9.59 Å². The molecule has 0 radical (unpaired) electrons. The van der Waals surface area contributed by atoms with Gasteiger partial charge in [0.1, 0.15) is 10.9 Å². The van der Waals surface area contributed by atoms with Crippen LogP contribution in [-0.2, 0) is 14.3 Å². The fourth-order valence-electron chi connectivity index (χ4n) is 1.59. The van der Waals surface area contributed by atoms with E-state index in [9.17, 15) is 14.4 Å². The van der Waals surface area contributed by atoms with Gasteiger partial charge in [0.2, 0.25) is 0 Å². The summed E-state index contributed by atoms with van der Waals surface area (Å²) in [6, 6.07) is -1.14. The third kappa shape index (κ3) is 4.30. The van der Waals surface area contributed by atoms with E-state index in [4.69, 9.17) is 5.11 Å². The number of carbonyl (C=O) groups excluding carboxylic acids is 2. The van der Waals surface area contributed by atoms with Gasteiger partial charge in [0.05, 0.1) is 17.8 Å². The Morgan fingerprint density at radius 2 is 2.05 bits per heavy atom. The van der Waals surface area contributed by atoms with Crippen molar-refractivity contribution in [3.05, 3.63) is 15.6 Å². The number of hydrogen-bond donors (Lipinski definition) is 2. The van der Waals surface area contributed by atoms with Crippen LogP contribution >= 0.6 is 11.3 Å². The second-order valence-electron chi connectivity index (χ2n) is 4.13. The number of nitrogens with one attached hydrogen (secondary N) is 1. The molecule has 1 atom stereocenters. The van der Waals surface area contributed by atoms with Crippen molar-refractivity contribution in [3.63, 3.8) is 0 Å². The standard InChI is InChI=1S/C12H16N2O5S/c1-6-10(20-7(2)13-6)11(16)14-8(12(17)18)4-5-9(15)19-3/h8H,4-5H2,1-3H3,(H,14,16)(H,17,18)/t8-/m0/s1. The lowest BCUT2D eigenvalue weighted by atomic mass is 10.1. The Balaban J connectivity index is 2.70. The fourth-order valence-corrected chi connectivity index (χ4v) is 2.41. The first-order valence-electron chi connectivity index (χ1n) is 5.89. The Bertz CT molecular complexity index is 526. The van der Waals surface area contributed by atoms with Crippen LogP contribution in [0.25, 0.3) is 0 Å². The number of carboxylic acid groups (broad SMARTS) is 1. The summed E-state index contributed by atoms with van der Waals surface area (Å²) in [5, 5.41) is 12.2. The van der Waals surface area contributed by atoms with Crippen molar-refractivity contribution in [3.8, 4) is 0 Å². The molecule has 1 aromatic heterocycles. The third-order valence-corrected chi connectivity index (χ3v) is 3.65. The number of amides is 1. The van der Waals surface area contributed by atoms with Crippen LogP contribution in [0.1, 0.15) is 33.2 Å². The quantitative estimate of drug-likeness (QED) is 0.756. The number of thiazole rings is 1. The van der Waals surface area contributed by atoms with E-state index in [1.54, 1.807) is 13.8 Å². The second-order valence-corrected chi connectivity index (χ2v) is 5.33. The van der Waals surface area contributed by atoms with Crippen molar-refractivity contribution in [2.24, 2.45) is 0 Å². The molecule has 0 unspecified atom stereocenters. The topological polar surface area (TPSA) is 106 Å². The molecule has 20 heavy (non-hydrogen) atoms. The monoisotopic (exact) mass is 300 g/mol. The van der Waals surface area contributed by atoms with Crippen molar-refractivity contribution < 1.29 is 24.2 Å². The Morgan fingerprint density at radius 3 is 2.50 bits per heavy atom. The lowest BCUT2D eigenvalue weighted by Crippen LogP contribution is -2.41. The molecule has 1 aromatic rings. The SMILES string of the molecule is COC(=O)CC[C@H](NC(=O)c1sc(C)nc1C)C(=O)O. The lowest BCUT2D eigenvalue weighted by Gasteiger charge is -2.13. The minimum atomic E-state index is -1.19. The van der Waals surface area contributed by atoms with Crippen LogP contribution in [0.2, 0.25) is 0 Å². The maximum Gasteiger partial charge on any atom is 0.326 e. The molecule has 0 spiro atoms. The van der Waals surface area contributed by atoms with Gasteiger partial charge in [0, 0.05) is 6.42 Å². The summed E-state index contributed by atoms with van der Waals surface area (Å²) >= 11 is 1.20. The summed E-state index contributed by atoms with van der Waals surface area (Å²) in [5.41, 5.74) is 0.558. The zero-order chi connectivity index (χ0) is 15.3. The first kappa shape index (κ1) is 16.1. The molecule has 0 saturated carbocycles. The highest BCUT2D eigenvalue weighted by atomic mass is 32.1. The Kier molecular flexibility index (Phi) is 5.63. The van der Waals surface area contributed by atoms with Gasteiger partial charge in [0.25, 0.3) is 5.91 Å². The van der Waals surface area contributed by atoms with Gasteiger partial charge < -0.3 is 15.2 Å². The number of esters is 1. The molecule has 0 aliphatic carbocycles. The highest BCUT2D eigenvalue weighted by Gasteiger charge is 2.23. The molecular formula is C12H16N2O5S. The van der Waals surface area contributed by atoms with Crippen molar-refractivity contribution in [1.82, 2.24) is 10.3 Å². The fraction of sp³-hybridized carbons (Fsp3) is 0.500. The summed E-state index contributed by atoms with van der Waals surface area (Å²) in [5.74, 6) is -2.21. The number of aryl methyl sites for hydroxylation is 2. The van der Waals surface area contributed by atoms with Crippen LogP contribution in [-0.4, -0.2) is 41.1 Å². The highest BCUT2D eigenvalue weighted by Crippen LogP contribution is 2.17. The smallest absolute Gasteiger partial charge is 0.326 e. The lowest BCUT2D eigenvalue weighted by molar-refractivity contribution is -0.142. The number of carboxylic acids is 1.